The lowest BCUT2D eigenvalue weighted by atomic mass is 9.75. The van der Waals surface area contributed by atoms with Crippen LogP contribution in [0.4, 0.5) is 8.78 Å². The molecule has 2 aliphatic rings. The van der Waals surface area contributed by atoms with Gasteiger partial charge in [-0.2, -0.15) is 0 Å². The van der Waals surface area contributed by atoms with Gasteiger partial charge in [-0.3, -0.25) is 0 Å². The highest BCUT2D eigenvalue weighted by atomic mass is 19.1. The van der Waals surface area contributed by atoms with Crippen molar-refractivity contribution in [2.45, 2.75) is 84.0 Å². The Labute approximate surface area is 163 Å². The zero-order valence-corrected chi connectivity index (χ0v) is 16.9. The second-order valence-electron chi connectivity index (χ2n) is 8.44. The van der Waals surface area contributed by atoms with Crippen LogP contribution in [-0.4, -0.2) is 0 Å². The Morgan fingerprint density at radius 2 is 1.67 bits per heavy atom. The topological polar surface area (TPSA) is 0 Å². The molecule has 0 saturated heterocycles. The van der Waals surface area contributed by atoms with Crippen LogP contribution in [0.3, 0.4) is 0 Å². The maximum atomic E-state index is 14.1. The first-order chi connectivity index (χ1) is 13.1. The van der Waals surface area contributed by atoms with Gasteiger partial charge in [0.2, 0.25) is 0 Å². The van der Waals surface area contributed by atoms with Gasteiger partial charge in [-0.05, 0) is 73.6 Å². The number of allylic oxidation sites excluding steroid dienone is 4. The summed E-state index contributed by atoms with van der Waals surface area (Å²) in [5.74, 6) is 0.889. The number of hydrogen-bond donors (Lipinski definition) is 0. The smallest absolute Gasteiger partial charge is 0.129 e. The molecule has 3 rings (SSSR count). The Morgan fingerprint density at radius 1 is 0.963 bits per heavy atom. The quantitative estimate of drug-likeness (QED) is 0.427. The molecular weight excluding hydrogens is 338 g/mol. The van der Waals surface area contributed by atoms with Crippen LogP contribution in [0.2, 0.25) is 0 Å². The summed E-state index contributed by atoms with van der Waals surface area (Å²) in [6.07, 6.45) is 18.7. The lowest BCUT2D eigenvalue weighted by Crippen LogP contribution is -2.17. The standard InChI is InChI=1S/C25H34F2/c1-3-5-6-7-18-8-10-19(11-9-18)20-12-14-21(15-13-20)22-16-24(26)23(4-2)25(27)17-22/h12-14,16-19,21H,3-11,15H2,1-2H3/t18-,19-,21?. The lowest BCUT2D eigenvalue weighted by molar-refractivity contribution is 0.283. The maximum absolute atomic E-state index is 14.1. The predicted octanol–water partition coefficient (Wildman–Crippen LogP) is 7.88. The van der Waals surface area contributed by atoms with Gasteiger partial charge in [0, 0.05) is 11.5 Å². The molecule has 0 amide bonds. The third-order valence-corrected chi connectivity index (χ3v) is 6.61. The summed E-state index contributed by atoms with van der Waals surface area (Å²) < 4.78 is 28.2. The van der Waals surface area contributed by atoms with Crippen LogP contribution >= 0.6 is 0 Å². The second kappa shape index (κ2) is 9.66. The summed E-state index contributed by atoms with van der Waals surface area (Å²) in [4.78, 5) is 0. The summed E-state index contributed by atoms with van der Waals surface area (Å²) in [6, 6.07) is 3.05. The van der Waals surface area contributed by atoms with Crippen molar-refractivity contribution in [3.63, 3.8) is 0 Å². The van der Waals surface area contributed by atoms with Crippen LogP contribution in [0.25, 0.3) is 0 Å². The van der Waals surface area contributed by atoms with Crippen LogP contribution in [0, 0.1) is 23.5 Å². The van der Waals surface area contributed by atoms with Gasteiger partial charge in [-0.1, -0.05) is 57.8 Å². The molecule has 0 nitrogen and oxygen atoms in total. The van der Waals surface area contributed by atoms with E-state index in [4.69, 9.17) is 0 Å². The Balaban J connectivity index is 1.55. The molecule has 2 aliphatic carbocycles. The first-order valence-corrected chi connectivity index (χ1v) is 11.0. The van der Waals surface area contributed by atoms with Crippen LogP contribution in [0.15, 0.2) is 35.9 Å². The summed E-state index contributed by atoms with van der Waals surface area (Å²) in [6.45, 7) is 4.06. The zero-order chi connectivity index (χ0) is 19.2. The molecule has 1 atom stereocenters. The molecule has 0 radical (unpaired) electrons. The fourth-order valence-corrected chi connectivity index (χ4v) is 4.83. The van der Waals surface area contributed by atoms with Crippen LogP contribution in [0.5, 0.6) is 0 Å². The molecule has 148 valence electrons. The number of hydrogen-bond acceptors (Lipinski definition) is 0. The van der Waals surface area contributed by atoms with Crippen molar-refractivity contribution in [2.24, 2.45) is 11.8 Å². The van der Waals surface area contributed by atoms with Gasteiger partial charge in [0.15, 0.2) is 0 Å². The minimum absolute atomic E-state index is 0.0917. The van der Waals surface area contributed by atoms with Gasteiger partial charge in [0.05, 0.1) is 0 Å². The molecule has 0 spiro atoms. The summed E-state index contributed by atoms with van der Waals surface area (Å²) in [5, 5.41) is 0. The van der Waals surface area contributed by atoms with E-state index in [0.29, 0.717) is 12.3 Å². The molecule has 1 unspecified atom stereocenters. The minimum Gasteiger partial charge on any atom is -0.207 e. The summed E-state index contributed by atoms with van der Waals surface area (Å²) >= 11 is 0. The molecule has 0 aliphatic heterocycles. The van der Waals surface area contributed by atoms with Crippen molar-refractivity contribution >= 4 is 0 Å². The number of rotatable bonds is 7. The van der Waals surface area contributed by atoms with E-state index in [2.05, 4.69) is 25.2 Å². The molecule has 27 heavy (non-hydrogen) atoms. The summed E-state index contributed by atoms with van der Waals surface area (Å²) in [5.41, 5.74) is 2.41. The van der Waals surface area contributed by atoms with E-state index in [1.807, 2.05) is 0 Å². The monoisotopic (exact) mass is 372 g/mol. The van der Waals surface area contributed by atoms with Crippen molar-refractivity contribution in [1.29, 1.82) is 0 Å². The zero-order valence-electron chi connectivity index (χ0n) is 16.9. The third kappa shape index (κ3) is 5.09. The highest BCUT2D eigenvalue weighted by Crippen LogP contribution is 2.39. The normalized spacial score (nSPS) is 25.5. The average Bonchev–Trinajstić information content (AvgIpc) is 2.69. The fraction of sp³-hybridized carbons (Fsp3) is 0.600. The molecular formula is C25H34F2. The SMILES string of the molecule is CCCCC[C@H]1CC[C@H](C2=CCC(c3cc(F)c(CC)c(F)c3)C=C2)CC1. The van der Waals surface area contributed by atoms with Gasteiger partial charge < -0.3 is 0 Å². The number of unbranched alkanes of at least 4 members (excludes halogenated alkanes) is 2. The van der Waals surface area contributed by atoms with Gasteiger partial charge in [-0.15, -0.1) is 0 Å². The van der Waals surface area contributed by atoms with E-state index in [-0.39, 0.29) is 11.5 Å². The largest absolute Gasteiger partial charge is 0.207 e. The van der Waals surface area contributed by atoms with Gasteiger partial charge in [-0.25, -0.2) is 8.78 Å². The first kappa shape index (κ1) is 20.3. The minimum atomic E-state index is -0.405. The molecule has 0 bridgehead atoms. The highest BCUT2D eigenvalue weighted by molar-refractivity contribution is 5.36. The van der Waals surface area contributed by atoms with Crippen LogP contribution in [0.1, 0.15) is 88.7 Å². The Kier molecular flexibility index (Phi) is 7.26. The number of halogens is 2. The van der Waals surface area contributed by atoms with E-state index < -0.39 is 11.6 Å². The second-order valence-corrected chi connectivity index (χ2v) is 8.44. The molecule has 2 heteroatoms. The molecule has 1 aromatic rings. The molecule has 0 aromatic heterocycles. The maximum Gasteiger partial charge on any atom is 0.129 e. The fourth-order valence-electron chi connectivity index (χ4n) is 4.83. The Hall–Kier alpha value is -1.44. The van der Waals surface area contributed by atoms with Crippen molar-refractivity contribution in [3.05, 3.63) is 58.7 Å². The van der Waals surface area contributed by atoms with Crippen molar-refractivity contribution < 1.29 is 8.78 Å². The highest BCUT2D eigenvalue weighted by Gasteiger charge is 2.24. The predicted molar refractivity (Wildman–Crippen MR) is 110 cm³/mol. The van der Waals surface area contributed by atoms with E-state index in [9.17, 15) is 8.78 Å². The average molecular weight is 373 g/mol. The van der Waals surface area contributed by atoms with E-state index >= 15 is 0 Å². The van der Waals surface area contributed by atoms with Gasteiger partial charge >= 0.3 is 0 Å². The van der Waals surface area contributed by atoms with E-state index in [1.54, 1.807) is 6.92 Å². The Morgan fingerprint density at radius 3 is 2.22 bits per heavy atom. The Bertz CT molecular complexity index is 655. The molecule has 1 fully saturated rings. The molecule has 1 saturated carbocycles. The van der Waals surface area contributed by atoms with E-state index in [1.165, 1.54) is 69.1 Å². The van der Waals surface area contributed by atoms with Crippen molar-refractivity contribution in [1.82, 2.24) is 0 Å². The number of benzene rings is 1. The van der Waals surface area contributed by atoms with Crippen molar-refractivity contribution in [2.75, 3.05) is 0 Å². The summed E-state index contributed by atoms with van der Waals surface area (Å²) in [7, 11) is 0. The third-order valence-electron chi connectivity index (χ3n) is 6.61. The van der Waals surface area contributed by atoms with Crippen molar-refractivity contribution in [3.8, 4) is 0 Å². The van der Waals surface area contributed by atoms with Gasteiger partial charge in [0.1, 0.15) is 11.6 Å². The molecule has 0 heterocycles. The molecule has 0 N–H and O–H groups in total. The van der Waals surface area contributed by atoms with E-state index in [0.717, 1.165) is 17.9 Å². The molecule has 1 aromatic carbocycles. The van der Waals surface area contributed by atoms with Crippen LogP contribution < -0.4 is 0 Å². The lowest BCUT2D eigenvalue weighted by Gasteiger charge is -2.31. The van der Waals surface area contributed by atoms with Gasteiger partial charge in [0.25, 0.3) is 0 Å². The van der Waals surface area contributed by atoms with Crippen LogP contribution in [-0.2, 0) is 6.42 Å². The first-order valence-electron chi connectivity index (χ1n) is 11.0.